The molecule has 0 bridgehead atoms. The first kappa shape index (κ1) is 20.5. The summed E-state index contributed by atoms with van der Waals surface area (Å²) in [6, 6.07) is 15.9. The molecule has 0 fully saturated rings. The second-order valence-electron chi connectivity index (χ2n) is 7.09. The molecule has 3 aromatic rings. The molecule has 0 aliphatic rings. The number of aromatic nitrogens is 2. The van der Waals surface area contributed by atoms with Gasteiger partial charge in [0.05, 0.1) is 5.56 Å². The molecule has 0 saturated carbocycles. The molecule has 0 N–H and O–H groups in total. The van der Waals surface area contributed by atoms with Crippen LogP contribution < -0.4 is 4.74 Å². The van der Waals surface area contributed by atoms with Gasteiger partial charge in [-0.25, -0.2) is 14.4 Å². The molecular weight excluding hydrogens is 365 g/mol. The van der Waals surface area contributed by atoms with Crippen LogP contribution in [0.5, 0.6) is 5.75 Å². The van der Waals surface area contributed by atoms with E-state index in [1.54, 1.807) is 12.1 Å². The number of halogens is 1. The molecule has 0 aliphatic carbocycles. The summed E-state index contributed by atoms with van der Waals surface area (Å²) in [6.07, 6.45) is 5.31. The van der Waals surface area contributed by atoms with Crippen molar-refractivity contribution in [1.29, 1.82) is 5.26 Å². The molecule has 5 heteroatoms. The summed E-state index contributed by atoms with van der Waals surface area (Å²) in [4.78, 5) is 9.15. The lowest BCUT2D eigenvalue weighted by molar-refractivity contribution is 0.304. The van der Waals surface area contributed by atoms with Gasteiger partial charge in [-0.05, 0) is 36.1 Å². The van der Waals surface area contributed by atoms with E-state index in [0.717, 1.165) is 23.2 Å². The average molecular weight is 389 g/mol. The van der Waals surface area contributed by atoms with E-state index in [2.05, 4.69) is 18.8 Å². The standard InChI is InChI=1S/C24H24FN3O/c1-3-4-5-17(2)23-12-13-27-24(28-23)19-8-6-18(7-9-19)16-29-21-11-10-20(15-26)22(25)14-21/h6-14,17H,3-5,16H2,1-2H3. The quantitative estimate of drug-likeness (QED) is 0.472. The van der Waals surface area contributed by atoms with Gasteiger partial charge in [0.2, 0.25) is 0 Å². The molecule has 2 aromatic carbocycles. The molecule has 4 nitrogen and oxygen atoms in total. The Hall–Kier alpha value is -3.26. The van der Waals surface area contributed by atoms with Crippen molar-refractivity contribution in [3.63, 3.8) is 0 Å². The van der Waals surface area contributed by atoms with Gasteiger partial charge in [0.15, 0.2) is 5.82 Å². The van der Waals surface area contributed by atoms with Gasteiger partial charge >= 0.3 is 0 Å². The van der Waals surface area contributed by atoms with Crippen LogP contribution in [0.15, 0.2) is 54.7 Å². The molecule has 148 valence electrons. The smallest absolute Gasteiger partial charge is 0.159 e. The van der Waals surface area contributed by atoms with E-state index in [1.807, 2.05) is 36.5 Å². The van der Waals surface area contributed by atoms with E-state index >= 15 is 0 Å². The van der Waals surface area contributed by atoms with Gasteiger partial charge in [-0.15, -0.1) is 0 Å². The number of rotatable bonds is 8. The van der Waals surface area contributed by atoms with Gasteiger partial charge in [0.25, 0.3) is 0 Å². The third kappa shape index (κ3) is 5.39. The number of unbranched alkanes of at least 4 members (excludes halogenated alkanes) is 1. The maximum atomic E-state index is 13.7. The van der Waals surface area contributed by atoms with Crippen molar-refractivity contribution < 1.29 is 9.13 Å². The zero-order valence-corrected chi connectivity index (χ0v) is 16.7. The zero-order chi connectivity index (χ0) is 20.6. The summed E-state index contributed by atoms with van der Waals surface area (Å²) in [6.45, 7) is 4.70. The highest BCUT2D eigenvalue weighted by Gasteiger charge is 2.10. The second kappa shape index (κ2) is 9.79. The maximum absolute atomic E-state index is 13.7. The van der Waals surface area contributed by atoms with Crippen molar-refractivity contribution in [3.05, 3.63) is 77.4 Å². The predicted octanol–water partition coefficient (Wildman–Crippen LogP) is 6.03. The molecule has 0 spiro atoms. The number of hydrogen-bond donors (Lipinski definition) is 0. The maximum Gasteiger partial charge on any atom is 0.159 e. The summed E-state index contributed by atoms with van der Waals surface area (Å²) >= 11 is 0. The highest BCUT2D eigenvalue weighted by molar-refractivity contribution is 5.55. The SMILES string of the molecule is CCCCC(C)c1ccnc(-c2ccc(COc3ccc(C#N)c(F)c3)cc2)n1. The highest BCUT2D eigenvalue weighted by atomic mass is 19.1. The van der Waals surface area contributed by atoms with Crippen LogP contribution in [0.1, 0.15) is 55.8 Å². The summed E-state index contributed by atoms with van der Waals surface area (Å²) in [7, 11) is 0. The first-order valence-electron chi connectivity index (χ1n) is 9.85. The van der Waals surface area contributed by atoms with Crippen molar-refractivity contribution in [3.8, 4) is 23.2 Å². The summed E-state index contributed by atoms with van der Waals surface area (Å²) in [5, 5.41) is 8.78. The molecule has 0 saturated heterocycles. The Morgan fingerprint density at radius 2 is 1.93 bits per heavy atom. The van der Waals surface area contributed by atoms with Crippen LogP contribution in [-0.4, -0.2) is 9.97 Å². The third-order valence-corrected chi connectivity index (χ3v) is 4.85. The molecule has 1 atom stereocenters. The van der Waals surface area contributed by atoms with Gasteiger partial charge in [0.1, 0.15) is 24.2 Å². The summed E-state index contributed by atoms with van der Waals surface area (Å²) < 4.78 is 19.3. The van der Waals surface area contributed by atoms with Crippen molar-refractivity contribution in [2.24, 2.45) is 0 Å². The van der Waals surface area contributed by atoms with Crippen LogP contribution in [-0.2, 0) is 6.61 Å². The van der Waals surface area contributed by atoms with Gasteiger partial charge in [-0.1, -0.05) is 51.0 Å². The fraction of sp³-hybridized carbons (Fsp3) is 0.292. The van der Waals surface area contributed by atoms with Crippen LogP contribution >= 0.6 is 0 Å². The largest absolute Gasteiger partial charge is 0.489 e. The van der Waals surface area contributed by atoms with Crippen LogP contribution in [0.4, 0.5) is 4.39 Å². The number of benzene rings is 2. The van der Waals surface area contributed by atoms with Crippen molar-refractivity contribution >= 4 is 0 Å². The lowest BCUT2D eigenvalue weighted by atomic mass is 10.0. The van der Waals surface area contributed by atoms with E-state index in [0.29, 0.717) is 24.1 Å². The monoisotopic (exact) mass is 389 g/mol. The predicted molar refractivity (Wildman–Crippen MR) is 111 cm³/mol. The lowest BCUT2D eigenvalue weighted by Crippen LogP contribution is -2.00. The number of nitrogens with zero attached hydrogens (tertiary/aromatic N) is 3. The molecule has 0 radical (unpaired) electrons. The normalized spacial score (nSPS) is 11.7. The zero-order valence-electron chi connectivity index (χ0n) is 16.7. The van der Waals surface area contributed by atoms with Gasteiger partial charge in [0, 0.05) is 23.5 Å². The third-order valence-electron chi connectivity index (χ3n) is 4.85. The molecule has 29 heavy (non-hydrogen) atoms. The van der Waals surface area contributed by atoms with E-state index in [1.165, 1.54) is 25.0 Å². The van der Waals surface area contributed by atoms with E-state index in [4.69, 9.17) is 15.0 Å². The van der Waals surface area contributed by atoms with Crippen LogP contribution in [0.2, 0.25) is 0 Å². The minimum atomic E-state index is -0.578. The summed E-state index contributed by atoms with van der Waals surface area (Å²) in [5.41, 5.74) is 2.97. The Morgan fingerprint density at radius 3 is 2.62 bits per heavy atom. The summed E-state index contributed by atoms with van der Waals surface area (Å²) in [5.74, 6) is 0.942. The number of hydrogen-bond acceptors (Lipinski definition) is 4. The molecule has 0 amide bonds. The topological polar surface area (TPSA) is 58.8 Å². The fourth-order valence-corrected chi connectivity index (χ4v) is 3.04. The van der Waals surface area contributed by atoms with Gasteiger partial charge < -0.3 is 4.74 Å². The van der Waals surface area contributed by atoms with Gasteiger partial charge in [-0.3, -0.25) is 0 Å². The van der Waals surface area contributed by atoms with Crippen LogP contribution in [0.25, 0.3) is 11.4 Å². The first-order valence-corrected chi connectivity index (χ1v) is 9.85. The molecule has 1 aromatic heterocycles. The van der Waals surface area contributed by atoms with E-state index in [-0.39, 0.29) is 5.56 Å². The second-order valence-corrected chi connectivity index (χ2v) is 7.09. The minimum absolute atomic E-state index is 0.00736. The van der Waals surface area contributed by atoms with Crippen molar-refractivity contribution in [1.82, 2.24) is 9.97 Å². The van der Waals surface area contributed by atoms with Gasteiger partial charge in [-0.2, -0.15) is 5.26 Å². The molecule has 0 aliphatic heterocycles. The van der Waals surface area contributed by atoms with E-state index < -0.39 is 5.82 Å². The average Bonchev–Trinajstić information content (AvgIpc) is 2.76. The Bertz CT molecular complexity index is 996. The van der Waals surface area contributed by atoms with Crippen molar-refractivity contribution in [2.75, 3.05) is 0 Å². The molecule has 1 heterocycles. The van der Waals surface area contributed by atoms with Crippen molar-refractivity contribution in [2.45, 2.75) is 45.6 Å². The van der Waals surface area contributed by atoms with E-state index in [9.17, 15) is 4.39 Å². The minimum Gasteiger partial charge on any atom is -0.489 e. The molecule has 1 unspecified atom stereocenters. The number of ether oxygens (including phenoxy) is 1. The molecular formula is C24H24FN3O. The Labute approximate surface area is 171 Å². The van der Waals surface area contributed by atoms with Crippen LogP contribution in [0.3, 0.4) is 0 Å². The number of nitriles is 1. The fourth-order valence-electron chi connectivity index (χ4n) is 3.04. The Morgan fingerprint density at radius 1 is 1.14 bits per heavy atom. The highest BCUT2D eigenvalue weighted by Crippen LogP contribution is 2.23. The Kier molecular flexibility index (Phi) is 6.91. The van der Waals surface area contributed by atoms with Crippen LogP contribution in [0, 0.1) is 17.1 Å². The molecule has 3 rings (SSSR count). The Balaban J connectivity index is 1.66. The first-order chi connectivity index (χ1) is 14.1. The lowest BCUT2D eigenvalue weighted by Gasteiger charge is -2.11.